The fourth-order valence-corrected chi connectivity index (χ4v) is 3.30. The predicted octanol–water partition coefficient (Wildman–Crippen LogP) is 4.08. The van der Waals surface area contributed by atoms with Crippen LogP contribution in [0, 0.1) is 0 Å². The number of benzene rings is 1. The van der Waals surface area contributed by atoms with Crippen molar-refractivity contribution in [2.24, 2.45) is 0 Å². The van der Waals surface area contributed by atoms with E-state index in [1.165, 1.54) is 11.3 Å². The molecule has 6 heteroatoms. The van der Waals surface area contributed by atoms with Gasteiger partial charge < -0.3 is 5.32 Å². The molecule has 4 nitrogen and oxygen atoms in total. The molecule has 0 radical (unpaired) electrons. The lowest BCUT2D eigenvalue weighted by Crippen LogP contribution is -2.22. The van der Waals surface area contributed by atoms with E-state index in [1.807, 2.05) is 41.9 Å². The number of hydrogen-bond donors (Lipinski definition) is 1. The van der Waals surface area contributed by atoms with Crippen molar-refractivity contribution in [3.8, 4) is 5.69 Å². The minimum atomic E-state index is -0.0314. The lowest BCUT2D eigenvalue weighted by atomic mass is 10.2. The van der Waals surface area contributed by atoms with Gasteiger partial charge in [0.1, 0.15) is 0 Å². The van der Waals surface area contributed by atoms with Crippen molar-refractivity contribution in [3.05, 3.63) is 69.1 Å². The normalized spacial score (nSPS) is 10.7. The molecule has 0 saturated heterocycles. The molecule has 0 unspecified atom stereocenters. The predicted molar refractivity (Wildman–Crippen MR) is 93.4 cm³/mol. The number of aryl methyl sites for hydroxylation is 1. The number of carbonyl (C=O) groups excluding carboxylic acids is 1. The van der Waals surface area contributed by atoms with Crippen LogP contribution in [0.2, 0.25) is 5.02 Å². The van der Waals surface area contributed by atoms with Gasteiger partial charge in [-0.05, 0) is 47.7 Å². The zero-order chi connectivity index (χ0) is 16.2. The van der Waals surface area contributed by atoms with Crippen LogP contribution in [0.1, 0.15) is 27.7 Å². The molecule has 2 heterocycles. The molecular weight excluding hydrogens is 330 g/mol. The van der Waals surface area contributed by atoms with Gasteiger partial charge in [-0.1, -0.05) is 18.5 Å². The molecular formula is C17H16ClN3OS. The van der Waals surface area contributed by atoms with Gasteiger partial charge in [-0.15, -0.1) is 11.3 Å². The Kier molecular flexibility index (Phi) is 4.79. The molecule has 0 fully saturated rings. The van der Waals surface area contributed by atoms with Crippen LogP contribution in [0.25, 0.3) is 5.69 Å². The summed E-state index contributed by atoms with van der Waals surface area (Å²) in [5.74, 6) is -0.0314. The maximum atomic E-state index is 12.2. The SMILES string of the molecule is CCc1ccsc1C(=O)NCc1cnn(-c2ccc(Cl)cc2)c1. The van der Waals surface area contributed by atoms with Crippen molar-refractivity contribution >= 4 is 28.8 Å². The molecule has 3 rings (SSSR count). The van der Waals surface area contributed by atoms with Crippen molar-refractivity contribution in [1.29, 1.82) is 0 Å². The number of nitrogens with one attached hydrogen (secondary N) is 1. The summed E-state index contributed by atoms with van der Waals surface area (Å²) in [6.07, 6.45) is 4.52. The molecule has 1 aromatic carbocycles. The van der Waals surface area contributed by atoms with E-state index in [0.717, 1.165) is 28.1 Å². The molecule has 0 atom stereocenters. The van der Waals surface area contributed by atoms with E-state index in [-0.39, 0.29) is 5.91 Å². The van der Waals surface area contributed by atoms with E-state index < -0.39 is 0 Å². The van der Waals surface area contributed by atoms with Crippen LogP contribution in [0.15, 0.2) is 48.1 Å². The van der Waals surface area contributed by atoms with Crippen molar-refractivity contribution < 1.29 is 4.79 Å². The molecule has 3 aromatic rings. The zero-order valence-corrected chi connectivity index (χ0v) is 14.2. The van der Waals surface area contributed by atoms with Crippen LogP contribution >= 0.6 is 22.9 Å². The number of halogens is 1. The van der Waals surface area contributed by atoms with Crippen molar-refractivity contribution in [2.75, 3.05) is 0 Å². The van der Waals surface area contributed by atoms with Crippen LogP contribution in [0.3, 0.4) is 0 Å². The third-order valence-corrected chi connectivity index (χ3v) is 4.72. The highest BCUT2D eigenvalue weighted by Gasteiger charge is 2.12. The van der Waals surface area contributed by atoms with Crippen LogP contribution in [0.4, 0.5) is 0 Å². The van der Waals surface area contributed by atoms with Crippen molar-refractivity contribution in [1.82, 2.24) is 15.1 Å². The molecule has 0 spiro atoms. The third-order valence-electron chi connectivity index (χ3n) is 3.51. The second kappa shape index (κ2) is 6.98. The Bertz CT molecular complexity index is 807. The first kappa shape index (κ1) is 15.8. The molecule has 118 valence electrons. The van der Waals surface area contributed by atoms with E-state index >= 15 is 0 Å². The van der Waals surface area contributed by atoms with Crippen LogP contribution < -0.4 is 5.32 Å². The maximum Gasteiger partial charge on any atom is 0.261 e. The number of hydrogen-bond acceptors (Lipinski definition) is 3. The van der Waals surface area contributed by atoms with Gasteiger partial charge in [-0.25, -0.2) is 4.68 Å². The van der Waals surface area contributed by atoms with E-state index in [1.54, 1.807) is 10.9 Å². The molecule has 23 heavy (non-hydrogen) atoms. The summed E-state index contributed by atoms with van der Waals surface area (Å²) in [4.78, 5) is 13.0. The highest BCUT2D eigenvalue weighted by molar-refractivity contribution is 7.12. The highest BCUT2D eigenvalue weighted by Crippen LogP contribution is 2.17. The summed E-state index contributed by atoms with van der Waals surface area (Å²) in [7, 11) is 0. The number of amides is 1. The Balaban J connectivity index is 1.65. The number of carbonyl (C=O) groups is 1. The minimum Gasteiger partial charge on any atom is -0.347 e. The Morgan fingerprint density at radius 1 is 1.30 bits per heavy atom. The van der Waals surface area contributed by atoms with E-state index in [4.69, 9.17) is 11.6 Å². The molecule has 0 aliphatic rings. The molecule has 0 saturated carbocycles. The summed E-state index contributed by atoms with van der Waals surface area (Å²) in [6.45, 7) is 2.50. The first-order valence-corrected chi connectivity index (χ1v) is 8.57. The summed E-state index contributed by atoms with van der Waals surface area (Å²) in [6, 6.07) is 9.44. The number of thiophene rings is 1. The third kappa shape index (κ3) is 3.63. The molecule has 0 bridgehead atoms. The zero-order valence-electron chi connectivity index (χ0n) is 12.6. The topological polar surface area (TPSA) is 46.9 Å². The van der Waals surface area contributed by atoms with Crippen molar-refractivity contribution in [3.63, 3.8) is 0 Å². The maximum absolute atomic E-state index is 12.2. The fourth-order valence-electron chi connectivity index (χ4n) is 2.26. The fraction of sp³-hybridized carbons (Fsp3) is 0.176. The molecule has 2 aromatic heterocycles. The van der Waals surface area contributed by atoms with Crippen LogP contribution in [-0.2, 0) is 13.0 Å². The number of rotatable bonds is 5. The first-order chi connectivity index (χ1) is 11.2. The summed E-state index contributed by atoms with van der Waals surface area (Å²) in [5, 5.41) is 9.90. The van der Waals surface area contributed by atoms with E-state index in [0.29, 0.717) is 11.6 Å². The smallest absolute Gasteiger partial charge is 0.261 e. The summed E-state index contributed by atoms with van der Waals surface area (Å²) < 4.78 is 1.76. The van der Waals surface area contributed by atoms with E-state index in [2.05, 4.69) is 17.3 Å². The standard InChI is InChI=1S/C17H16ClN3OS/c1-2-13-7-8-23-16(13)17(22)19-9-12-10-20-21(11-12)15-5-3-14(18)4-6-15/h3-8,10-11H,2,9H2,1H3,(H,19,22). The van der Waals surface area contributed by atoms with Crippen molar-refractivity contribution in [2.45, 2.75) is 19.9 Å². The Labute approximate surface area is 143 Å². The first-order valence-electron chi connectivity index (χ1n) is 7.31. The Hall–Kier alpha value is -2.11. The van der Waals surface area contributed by atoms with Gasteiger partial charge in [0.05, 0.1) is 16.8 Å². The largest absolute Gasteiger partial charge is 0.347 e. The average Bonchev–Trinajstić information content (AvgIpc) is 3.22. The molecule has 0 aliphatic heterocycles. The monoisotopic (exact) mass is 345 g/mol. The number of nitrogens with zero attached hydrogens (tertiary/aromatic N) is 2. The number of aromatic nitrogens is 2. The van der Waals surface area contributed by atoms with Gasteiger partial charge in [0.2, 0.25) is 0 Å². The van der Waals surface area contributed by atoms with Gasteiger partial charge in [-0.3, -0.25) is 4.79 Å². The second-order valence-corrected chi connectivity index (χ2v) is 6.43. The minimum absolute atomic E-state index is 0.0314. The highest BCUT2D eigenvalue weighted by atomic mass is 35.5. The van der Waals surface area contributed by atoms with E-state index in [9.17, 15) is 4.79 Å². The summed E-state index contributed by atoms with van der Waals surface area (Å²) >= 11 is 7.36. The molecule has 0 aliphatic carbocycles. The molecule has 1 N–H and O–H groups in total. The quantitative estimate of drug-likeness (QED) is 0.757. The van der Waals surface area contributed by atoms with Crippen LogP contribution in [0.5, 0.6) is 0 Å². The summed E-state index contributed by atoms with van der Waals surface area (Å²) in [5.41, 5.74) is 2.96. The average molecular weight is 346 g/mol. The van der Waals surface area contributed by atoms with Gasteiger partial charge in [-0.2, -0.15) is 5.10 Å². The Morgan fingerprint density at radius 2 is 2.09 bits per heavy atom. The molecule has 1 amide bonds. The lowest BCUT2D eigenvalue weighted by Gasteiger charge is -2.04. The van der Waals surface area contributed by atoms with Gasteiger partial charge in [0.15, 0.2) is 0 Å². The van der Waals surface area contributed by atoms with Crippen LogP contribution in [-0.4, -0.2) is 15.7 Å². The van der Waals surface area contributed by atoms with Gasteiger partial charge in [0.25, 0.3) is 5.91 Å². The second-order valence-electron chi connectivity index (χ2n) is 5.08. The Morgan fingerprint density at radius 3 is 2.83 bits per heavy atom. The van der Waals surface area contributed by atoms with Gasteiger partial charge in [0, 0.05) is 23.3 Å². The lowest BCUT2D eigenvalue weighted by molar-refractivity contribution is 0.0954. The van der Waals surface area contributed by atoms with Gasteiger partial charge >= 0.3 is 0 Å².